The van der Waals surface area contributed by atoms with Crippen molar-refractivity contribution in [3.8, 4) is 0 Å². The number of carbonyl (C=O) groups excluding carboxylic acids is 1. The lowest BCUT2D eigenvalue weighted by atomic mass is 9.46. The third-order valence-electron chi connectivity index (χ3n) is 8.79. The minimum atomic E-state index is -0.745. The van der Waals surface area contributed by atoms with Gasteiger partial charge in [-0.05, 0) is 75.7 Å². The number of hydrogen-bond acceptors (Lipinski definition) is 4. The average Bonchev–Trinajstić information content (AvgIpc) is 2.99. The first-order valence-electron chi connectivity index (χ1n) is 10.8. The zero-order valence-corrected chi connectivity index (χ0v) is 17.4. The Labute approximate surface area is 163 Å². The number of ether oxygens (including phenoxy) is 3. The summed E-state index contributed by atoms with van der Waals surface area (Å²) in [6.45, 7) is 11.2. The van der Waals surface area contributed by atoms with Crippen LogP contribution in [0.4, 0.5) is 0 Å². The first-order valence-corrected chi connectivity index (χ1v) is 10.8. The van der Waals surface area contributed by atoms with Gasteiger partial charge in [0.1, 0.15) is 0 Å². The highest BCUT2D eigenvalue weighted by atomic mass is 16.7. The third kappa shape index (κ3) is 2.26. The molecule has 0 aromatic heterocycles. The van der Waals surface area contributed by atoms with Gasteiger partial charge < -0.3 is 14.2 Å². The number of carbonyl (C=O) groups is 1. The summed E-state index contributed by atoms with van der Waals surface area (Å²) in [5.41, 5.74) is -0.813. The van der Waals surface area contributed by atoms with E-state index in [-0.39, 0.29) is 28.5 Å². The monoisotopic (exact) mass is 374 g/mol. The van der Waals surface area contributed by atoms with Gasteiger partial charge in [-0.25, -0.2) is 0 Å². The third-order valence-corrected chi connectivity index (χ3v) is 8.79. The average molecular weight is 375 g/mol. The summed E-state index contributed by atoms with van der Waals surface area (Å²) in [6, 6.07) is 0. The van der Waals surface area contributed by atoms with Crippen LogP contribution < -0.4 is 0 Å². The van der Waals surface area contributed by atoms with E-state index in [1.54, 1.807) is 6.26 Å². The molecule has 0 aromatic rings. The van der Waals surface area contributed by atoms with Crippen molar-refractivity contribution in [1.82, 2.24) is 0 Å². The van der Waals surface area contributed by atoms with Gasteiger partial charge in [0, 0.05) is 18.3 Å². The van der Waals surface area contributed by atoms with Crippen LogP contribution in [0.25, 0.3) is 0 Å². The van der Waals surface area contributed by atoms with Crippen LogP contribution >= 0.6 is 0 Å². The maximum Gasteiger partial charge on any atom is 0.201 e. The van der Waals surface area contributed by atoms with E-state index in [2.05, 4.69) is 34.6 Å². The van der Waals surface area contributed by atoms with Gasteiger partial charge in [0.25, 0.3) is 0 Å². The molecule has 2 bridgehead atoms. The molecule has 4 heteroatoms. The van der Waals surface area contributed by atoms with Gasteiger partial charge in [0.05, 0.1) is 18.0 Å². The zero-order chi connectivity index (χ0) is 19.2. The van der Waals surface area contributed by atoms with Gasteiger partial charge in [-0.2, -0.15) is 0 Å². The molecule has 2 heterocycles. The van der Waals surface area contributed by atoms with Crippen molar-refractivity contribution < 1.29 is 19.0 Å². The Morgan fingerprint density at radius 3 is 2.67 bits per heavy atom. The summed E-state index contributed by atoms with van der Waals surface area (Å²) < 4.78 is 18.4. The normalized spacial score (nSPS) is 53.5. The summed E-state index contributed by atoms with van der Waals surface area (Å²) in [7, 11) is 0. The van der Waals surface area contributed by atoms with Gasteiger partial charge in [-0.1, -0.05) is 13.8 Å². The van der Waals surface area contributed by atoms with Crippen molar-refractivity contribution in [2.24, 2.45) is 28.6 Å². The quantitative estimate of drug-likeness (QED) is 0.672. The molecule has 1 spiro atoms. The van der Waals surface area contributed by atoms with Crippen LogP contribution in [0.3, 0.4) is 0 Å². The Kier molecular flexibility index (Phi) is 3.62. The van der Waals surface area contributed by atoms with Gasteiger partial charge in [-0.15, -0.1) is 0 Å². The zero-order valence-electron chi connectivity index (χ0n) is 17.4. The van der Waals surface area contributed by atoms with E-state index < -0.39 is 5.60 Å². The predicted octanol–water partition coefficient (Wildman–Crippen LogP) is 4.62. The van der Waals surface area contributed by atoms with E-state index in [1.807, 2.05) is 6.08 Å². The Hall–Kier alpha value is -0.870. The SMILES string of the molecule is CC(C)(C)O[C@H]1CC[C@H]2[C@@H]3CC(=O)[C@@]45C=CO[C@@H](C[C@]4(C)[C@H]3CC[C@]12C)O5. The van der Waals surface area contributed by atoms with Crippen LogP contribution in [0.15, 0.2) is 12.3 Å². The molecule has 27 heavy (non-hydrogen) atoms. The molecule has 0 N–H and O–H groups in total. The van der Waals surface area contributed by atoms with Crippen molar-refractivity contribution in [3.63, 3.8) is 0 Å². The van der Waals surface area contributed by atoms with E-state index in [4.69, 9.17) is 14.2 Å². The second-order valence-corrected chi connectivity index (χ2v) is 11.2. The summed E-state index contributed by atoms with van der Waals surface area (Å²) >= 11 is 0. The van der Waals surface area contributed by atoms with Crippen LogP contribution in [0.5, 0.6) is 0 Å². The standard InChI is InChI=1S/C23H34O4/c1-20(2,3)26-18-7-6-15-14-12-17(24)23-10-11-25-19(27-23)13-22(23,5)16(14)8-9-21(15,18)4/h10-11,14-16,18-19H,6-9,12-13H2,1-5H3/t14-,15-,16-,18-,19+,21-,22+,23-/m0/s1. The highest BCUT2D eigenvalue weighted by molar-refractivity contribution is 5.92. The predicted molar refractivity (Wildman–Crippen MR) is 102 cm³/mol. The van der Waals surface area contributed by atoms with Crippen LogP contribution in [-0.4, -0.2) is 29.4 Å². The molecule has 5 aliphatic rings. The molecule has 0 aromatic carbocycles. The van der Waals surface area contributed by atoms with Crippen LogP contribution in [0, 0.1) is 28.6 Å². The number of fused-ring (bicyclic) bond motifs is 5. The highest BCUT2D eigenvalue weighted by Gasteiger charge is 2.71. The fourth-order valence-electron chi connectivity index (χ4n) is 7.61. The molecule has 0 unspecified atom stereocenters. The molecular weight excluding hydrogens is 340 g/mol. The minimum absolute atomic E-state index is 0.115. The number of hydrogen-bond donors (Lipinski definition) is 0. The van der Waals surface area contributed by atoms with Gasteiger partial charge in [-0.3, -0.25) is 4.79 Å². The topological polar surface area (TPSA) is 44.8 Å². The molecule has 5 rings (SSSR count). The van der Waals surface area contributed by atoms with E-state index in [0.29, 0.717) is 30.3 Å². The molecular formula is C23H34O4. The Morgan fingerprint density at radius 1 is 1.15 bits per heavy atom. The molecule has 2 aliphatic heterocycles. The van der Waals surface area contributed by atoms with Crippen molar-refractivity contribution in [3.05, 3.63) is 12.3 Å². The lowest BCUT2D eigenvalue weighted by Crippen LogP contribution is -2.62. The molecule has 4 nitrogen and oxygen atoms in total. The molecule has 8 atom stereocenters. The number of ketones is 1. The molecule has 0 radical (unpaired) electrons. The lowest BCUT2D eigenvalue weighted by molar-refractivity contribution is -0.195. The maximum atomic E-state index is 13.4. The van der Waals surface area contributed by atoms with Crippen molar-refractivity contribution in [2.75, 3.05) is 0 Å². The van der Waals surface area contributed by atoms with E-state index >= 15 is 0 Å². The fourth-order valence-corrected chi connectivity index (χ4v) is 7.61. The molecule has 3 saturated carbocycles. The highest BCUT2D eigenvalue weighted by Crippen LogP contribution is 2.68. The van der Waals surface area contributed by atoms with Crippen molar-refractivity contribution >= 4 is 5.78 Å². The van der Waals surface area contributed by atoms with Crippen LogP contribution in [0.1, 0.15) is 73.1 Å². The largest absolute Gasteiger partial charge is 0.473 e. The molecule has 3 aliphatic carbocycles. The molecule has 0 amide bonds. The molecule has 4 fully saturated rings. The number of rotatable bonds is 1. The molecule has 150 valence electrons. The second-order valence-electron chi connectivity index (χ2n) is 11.2. The summed E-state index contributed by atoms with van der Waals surface area (Å²) in [6.07, 6.45) is 9.84. The molecule has 1 saturated heterocycles. The van der Waals surface area contributed by atoms with Crippen LogP contribution in [0.2, 0.25) is 0 Å². The fraction of sp³-hybridized carbons (Fsp3) is 0.870. The smallest absolute Gasteiger partial charge is 0.201 e. The second kappa shape index (κ2) is 5.38. The summed E-state index contributed by atoms with van der Waals surface area (Å²) in [5.74, 6) is 1.83. The van der Waals surface area contributed by atoms with Crippen molar-refractivity contribution in [2.45, 2.75) is 96.7 Å². The van der Waals surface area contributed by atoms with Gasteiger partial charge in [0.2, 0.25) is 6.29 Å². The van der Waals surface area contributed by atoms with E-state index in [0.717, 1.165) is 19.3 Å². The van der Waals surface area contributed by atoms with Crippen LogP contribution in [-0.2, 0) is 19.0 Å². The Morgan fingerprint density at radius 2 is 1.93 bits per heavy atom. The van der Waals surface area contributed by atoms with Crippen molar-refractivity contribution in [1.29, 1.82) is 0 Å². The van der Waals surface area contributed by atoms with Gasteiger partial charge >= 0.3 is 0 Å². The summed E-state index contributed by atoms with van der Waals surface area (Å²) in [5, 5.41) is 0. The van der Waals surface area contributed by atoms with E-state index in [1.165, 1.54) is 12.8 Å². The summed E-state index contributed by atoms with van der Waals surface area (Å²) in [4.78, 5) is 13.4. The number of Topliss-reactive ketones (excluding diaryl/α,β-unsaturated/α-hetero) is 1. The first kappa shape index (κ1) is 18.2. The maximum absolute atomic E-state index is 13.4. The van der Waals surface area contributed by atoms with Gasteiger partial charge in [0.15, 0.2) is 11.4 Å². The Balaban J connectivity index is 1.49. The first-order chi connectivity index (χ1) is 12.6. The lowest BCUT2D eigenvalue weighted by Gasteiger charge is -2.58. The van der Waals surface area contributed by atoms with E-state index in [9.17, 15) is 4.79 Å². The minimum Gasteiger partial charge on any atom is -0.473 e. The Bertz CT molecular complexity index is 693.